The molecule has 0 saturated carbocycles. The summed E-state index contributed by atoms with van der Waals surface area (Å²) < 4.78 is 11.2. The number of carbonyl (C=O) groups excluding carboxylic acids is 1. The number of carbonyl (C=O) groups is 1. The molecule has 26 heavy (non-hydrogen) atoms. The summed E-state index contributed by atoms with van der Waals surface area (Å²) in [5.74, 6) is 0.659. The topological polar surface area (TPSA) is 52.0 Å². The molecule has 0 unspecified atom stereocenters. The highest BCUT2D eigenvalue weighted by Crippen LogP contribution is 2.15. The molecular weight excluding hydrogens is 328 g/mol. The smallest absolute Gasteiger partial charge is 0.251 e. The summed E-state index contributed by atoms with van der Waals surface area (Å²) in [5, 5.41) is 3.00. The highest BCUT2D eigenvalue weighted by Gasteiger charge is 2.13. The maximum atomic E-state index is 12.3. The van der Waals surface area contributed by atoms with E-state index >= 15 is 0 Å². The largest absolute Gasteiger partial charge is 0.489 e. The number of hydrogen-bond donors (Lipinski definition) is 2. The first-order valence-electron chi connectivity index (χ1n) is 9.27. The molecule has 0 spiro atoms. The van der Waals surface area contributed by atoms with E-state index in [-0.39, 0.29) is 5.91 Å². The third-order valence-corrected chi connectivity index (χ3v) is 4.54. The van der Waals surface area contributed by atoms with Crippen LogP contribution in [0.1, 0.15) is 22.3 Å². The Bertz CT molecular complexity index is 685. The standard InChI is InChI=1S/C21H26N2O3/c24-21(22-10-5-11-23-12-14-25-15-13-23)19-8-4-9-20(16-19)26-17-18-6-2-1-3-7-18/h1-4,6-9,16H,5,10-15,17H2,(H,22,24)/p+1. The molecule has 1 saturated heterocycles. The van der Waals surface area contributed by atoms with Gasteiger partial charge in [0.1, 0.15) is 25.4 Å². The molecule has 2 aromatic rings. The summed E-state index contributed by atoms with van der Waals surface area (Å²) in [7, 11) is 0. The van der Waals surface area contributed by atoms with Crippen molar-refractivity contribution in [2.75, 3.05) is 39.4 Å². The van der Waals surface area contributed by atoms with Gasteiger partial charge < -0.3 is 19.7 Å². The summed E-state index contributed by atoms with van der Waals surface area (Å²) in [6.45, 7) is 6.08. The van der Waals surface area contributed by atoms with Crippen molar-refractivity contribution >= 4 is 5.91 Å². The van der Waals surface area contributed by atoms with Crippen LogP contribution in [0.2, 0.25) is 0 Å². The SMILES string of the molecule is O=C(NCCC[NH+]1CCOCC1)c1cccc(OCc2ccccc2)c1. The molecule has 3 rings (SSSR count). The van der Waals surface area contributed by atoms with Crippen LogP contribution in [0.5, 0.6) is 5.75 Å². The molecule has 2 aromatic carbocycles. The highest BCUT2D eigenvalue weighted by atomic mass is 16.5. The van der Waals surface area contributed by atoms with Gasteiger partial charge in [-0.15, -0.1) is 0 Å². The zero-order valence-corrected chi connectivity index (χ0v) is 15.1. The fraction of sp³-hybridized carbons (Fsp3) is 0.381. The van der Waals surface area contributed by atoms with Crippen LogP contribution in [0.25, 0.3) is 0 Å². The summed E-state index contributed by atoms with van der Waals surface area (Å²) in [5.41, 5.74) is 1.74. The lowest BCUT2D eigenvalue weighted by atomic mass is 10.2. The van der Waals surface area contributed by atoms with Crippen molar-refractivity contribution in [3.8, 4) is 5.75 Å². The van der Waals surface area contributed by atoms with Crippen molar-refractivity contribution in [1.82, 2.24) is 5.32 Å². The summed E-state index contributed by atoms with van der Waals surface area (Å²) >= 11 is 0. The molecule has 2 N–H and O–H groups in total. The lowest BCUT2D eigenvalue weighted by Crippen LogP contribution is -3.14. The number of quaternary nitrogens is 1. The van der Waals surface area contributed by atoms with E-state index in [0.29, 0.717) is 24.5 Å². The van der Waals surface area contributed by atoms with Crippen molar-refractivity contribution in [2.45, 2.75) is 13.0 Å². The Morgan fingerprint density at radius 3 is 2.69 bits per heavy atom. The van der Waals surface area contributed by atoms with Crippen molar-refractivity contribution in [3.63, 3.8) is 0 Å². The predicted molar refractivity (Wildman–Crippen MR) is 101 cm³/mol. The molecule has 5 heteroatoms. The summed E-state index contributed by atoms with van der Waals surface area (Å²) in [6, 6.07) is 17.3. The molecule has 1 amide bonds. The fourth-order valence-corrected chi connectivity index (χ4v) is 3.02. The Kier molecular flexibility index (Phi) is 7.05. The monoisotopic (exact) mass is 355 g/mol. The Morgan fingerprint density at radius 2 is 1.88 bits per heavy atom. The van der Waals surface area contributed by atoms with Crippen molar-refractivity contribution < 1.29 is 19.2 Å². The highest BCUT2D eigenvalue weighted by molar-refractivity contribution is 5.94. The first-order chi connectivity index (χ1) is 12.8. The molecule has 1 aliphatic heterocycles. The number of amides is 1. The molecule has 1 fully saturated rings. The van der Waals surface area contributed by atoms with Crippen LogP contribution in [0.4, 0.5) is 0 Å². The lowest BCUT2D eigenvalue weighted by molar-refractivity contribution is -0.908. The van der Waals surface area contributed by atoms with Gasteiger partial charge in [-0.3, -0.25) is 4.79 Å². The maximum Gasteiger partial charge on any atom is 0.251 e. The minimum atomic E-state index is -0.0489. The van der Waals surface area contributed by atoms with Crippen molar-refractivity contribution in [3.05, 3.63) is 65.7 Å². The van der Waals surface area contributed by atoms with Gasteiger partial charge in [-0.05, 0) is 23.8 Å². The van der Waals surface area contributed by atoms with Gasteiger partial charge in [-0.2, -0.15) is 0 Å². The number of hydrogen-bond acceptors (Lipinski definition) is 3. The van der Waals surface area contributed by atoms with E-state index in [4.69, 9.17) is 9.47 Å². The molecule has 0 atom stereocenters. The molecule has 0 aromatic heterocycles. The fourth-order valence-electron chi connectivity index (χ4n) is 3.02. The molecule has 1 heterocycles. The van der Waals surface area contributed by atoms with Crippen LogP contribution >= 0.6 is 0 Å². The third-order valence-electron chi connectivity index (χ3n) is 4.54. The second-order valence-corrected chi connectivity index (χ2v) is 6.52. The van der Waals surface area contributed by atoms with E-state index in [1.807, 2.05) is 48.5 Å². The van der Waals surface area contributed by atoms with Crippen molar-refractivity contribution in [2.24, 2.45) is 0 Å². The van der Waals surface area contributed by atoms with Crippen molar-refractivity contribution in [1.29, 1.82) is 0 Å². The second-order valence-electron chi connectivity index (χ2n) is 6.52. The normalized spacial score (nSPS) is 14.8. The van der Waals surface area contributed by atoms with Crippen LogP contribution < -0.4 is 15.0 Å². The zero-order valence-electron chi connectivity index (χ0n) is 15.1. The van der Waals surface area contributed by atoms with Gasteiger partial charge in [0.25, 0.3) is 5.91 Å². The van der Waals surface area contributed by atoms with E-state index in [1.54, 1.807) is 11.0 Å². The summed E-state index contributed by atoms with van der Waals surface area (Å²) in [4.78, 5) is 13.9. The maximum absolute atomic E-state index is 12.3. The zero-order chi connectivity index (χ0) is 18.0. The van der Waals surface area contributed by atoms with E-state index in [0.717, 1.165) is 44.8 Å². The number of benzene rings is 2. The van der Waals surface area contributed by atoms with Gasteiger partial charge in [0.2, 0.25) is 0 Å². The Hall–Kier alpha value is -2.37. The van der Waals surface area contributed by atoms with E-state index in [1.165, 1.54) is 0 Å². The average Bonchev–Trinajstić information content (AvgIpc) is 2.71. The van der Waals surface area contributed by atoms with Gasteiger partial charge in [-0.25, -0.2) is 0 Å². The van der Waals surface area contributed by atoms with Gasteiger partial charge in [-0.1, -0.05) is 36.4 Å². The number of ether oxygens (including phenoxy) is 2. The van der Waals surface area contributed by atoms with Gasteiger partial charge >= 0.3 is 0 Å². The first kappa shape index (κ1) is 18.4. The third kappa shape index (κ3) is 5.86. The Labute approximate surface area is 154 Å². The van der Waals surface area contributed by atoms with Crippen LogP contribution in [-0.2, 0) is 11.3 Å². The minimum Gasteiger partial charge on any atom is -0.489 e. The summed E-state index contributed by atoms with van der Waals surface area (Å²) in [6.07, 6.45) is 0.977. The Balaban J connectivity index is 1.42. The molecule has 0 radical (unpaired) electrons. The minimum absolute atomic E-state index is 0.0489. The van der Waals surface area contributed by atoms with Crippen LogP contribution in [0.3, 0.4) is 0 Å². The van der Waals surface area contributed by atoms with Crippen LogP contribution in [0, 0.1) is 0 Å². The lowest BCUT2D eigenvalue weighted by Gasteiger charge is -2.23. The molecule has 138 valence electrons. The molecule has 0 bridgehead atoms. The van der Waals surface area contributed by atoms with E-state index in [9.17, 15) is 4.79 Å². The average molecular weight is 355 g/mol. The second kappa shape index (κ2) is 9.94. The quantitative estimate of drug-likeness (QED) is 0.702. The molecule has 0 aliphatic carbocycles. The number of rotatable bonds is 8. The Morgan fingerprint density at radius 1 is 1.08 bits per heavy atom. The van der Waals surface area contributed by atoms with E-state index in [2.05, 4.69) is 5.32 Å². The van der Waals surface area contributed by atoms with Gasteiger partial charge in [0.05, 0.1) is 19.8 Å². The van der Waals surface area contributed by atoms with E-state index < -0.39 is 0 Å². The van der Waals surface area contributed by atoms with Crippen LogP contribution in [0.15, 0.2) is 54.6 Å². The van der Waals surface area contributed by atoms with Crippen LogP contribution in [-0.4, -0.2) is 45.3 Å². The number of morpholine rings is 1. The molecule has 5 nitrogen and oxygen atoms in total. The van der Waals surface area contributed by atoms with Gasteiger partial charge in [0.15, 0.2) is 0 Å². The predicted octanol–water partition coefficient (Wildman–Crippen LogP) is 1.30. The molecule has 1 aliphatic rings. The first-order valence-corrected chi connectivity index (χ1v) is 9.27. The van der Waals surface area contributed by atoms with Gasteiger partial charge in [0, 0.05) is 18.5 Å². The molecular formula is C21H27N2O3+. The number of nitrogens with one attached hydrogen (secondary N) is 2.